The van der Waals surface area contributed by atoms with Gasteiger partial charge in [-0.2, -0.15) is 0 Å². The minimum Gasteiger partial charge on any atom is -0.395 e. The molecule has 3 heteroatoms. The van der Waals surface area contributed by atoms with Gasteiger partial charge in [-0.15, -0.1) is 0 Å². The van der Waals surface area contributed by atoms with Gasteiger partial charge in [0.1, 0.15) is 0 Å². The van der Waals surface area contributed by atoms with Crippen molar-refractivity contribution in [2.24, 2.45) is 5.92 Å². The summed E-state index contributed by atoms with van der Waals surface area (Å²) in [6, 6.07) is 0. The number of carbonyl (C=O) groups is 1. The van der Waals surface area contributed by atoms with Gasteiger partial charge in [-0.1, -0.05) is 39.8 Å². The van der Waals surface area contributed by atoms with Crippen LogP contribution in [0.5, 0.6) is 0 Å². The lowest BCUT2D eigenvalue weighted by Gasteiger charge is -2.26. The van der Waals surface area contributed by atoms with E-state index in [4.69, 9.17) is 5.11 Å². The first-order valence-electron chi connectivity index (χ1n) is 7.25. The third-order valence-electron chi connectivity index (χ3n) is 2.67. The molecule has 1 N–H and O–H groups in total. The molecule has 0 aromatic rings. The van der Waals surface area contributed by atoms with Crippen molar-refractivity contribution < 1.29 is 9.90 Å². The second kappa shape index (κ2) is 14.2. The van der Waals surface area contributed by atoms with E-state index in [0.717, 1.165) is 25.8 Å². The van der Waals surface area contributed by atoms with Gasteiger partial charge in [0, 0.05) is 20.0 Å². The summed E-state index contributed by atoms with van der Waals surface area (Å²) in [7, 11) is 0. The van der Waals surface area contributed by atoms with Gasteiger partial charge in [-0.05, 0) is 25.2 Å². The van der Waals surface area contributed by atoms with Crippen LogP contribution in [0.1, 0.15) is 53.9 Å². The van der Waals surface area contributed by atoms with E-state index in [1.807, 2.05) is 27.7 Å². The number of aliphatic hydroxyl groups is 1. The summed E-state index contributed by atoms with van der Waals surface area (Å²) in [6.07, 6.45) is 7.72. The lowest BCUT2D eigenvalue weighted by Crippen LogP contribution is -2.36. The molecule has 108 valence electrons. The van der Waals surface area contributed by atoms with Crippen molar-refractivity contribution >= 4 is 5.91 Å². The summed E-state index contributed by atoms with van der Waals surface area (Å²) < 4.78 is 0. The molecule has 1 aliphatic rings. The van der Waals surface area contributed by atoms with Crippen molar-refractivity contribution in [1.82, 2.24) is 4.90 Å². The monoisotopic (exact) mass is 257 g/mol. The molecule has 1 aliphatic carbocycles. The Hall–Kier alpha value is -0.830. The Bertz CT molecular complexity index is 215. The normalized spacial score (nSPS) is 16.9. The maximum absolute atomic E-state index is 11.2. The number of rotatable bonds is 4. The maximum Gasteiger partial charge on any atom is 0.219 e. The van der Waals surface area contributed by atoms with E-state index in [9.17, 15) is 4.79 Å². The molecule has 0 saturated carbocycles. The van der Waals surface area contributed by atoms with Crippen molar-refractivity contribution in [3.05, 3.63) is 12.2 Å². The van der Waals surface area contributed by atoms with Gasteiger partial charge in [0.25, 0.3) is 0 Å². The summed E-state index contributed by atoms with van der Waals surface area (Å²) >= 11 is 0. The zero-order valence-corrected chi connectivity index (χ0v) is 12.8. The predicted octanol–water partition coefficient (Wildman–Crippen LogP) is 3.24. The highest BCUT2D eigenvalue weighted by atomic mass is 16.3. The molecule has 1 atom stereocenters. The van der Waals surface area contributed by atoms with Gasteiger partial charge in [0.15, 0.2) is 0 Å². The number of amides is 1. The van der Waals surface area contributed by atoms with E-state index in [1.54, 1.807) is 11.8 Å². The van der Waals surface area contributed by atoms with Crippen molar-refractivity contribution in [2.75, 3.05) is 19.7 Å². The summed E-state index contributed by atoms with van der Waals surface area (Å²) in [5.74, 6) is 0.643. The van der Waals surface area contributed by atoms with Crippen molar-refractivity contribution in [3.8, 4) is 0 Å². The topological polar surface area (TPSA) is 40.5 Å². The molecule has 0 aromatic heterocycles. The fourth-order valence-corrected chi connectivity index (χ4v) is 1.83. The van der Waals surface area contributed by atoms with Crippen LogP contribution in [0.15, 0.2) is 12.2 Å². The van der Waals surface area contributed by atoms with E-state index < -0.39 is 0 Å². The summed E-state index contributed by atoms with van der Waals surface area (Å²) in [6.45, 7) is 10.9. The molecule has 1 amide bonds. The highest BCUT2D eigenvalue weighted by molar-refractivity contribution is 5.73. The Labute approximate surface area is 113 Å². The maximum atomic E-state index is 11.2. The highest BCUT2D eigenvalue weighted by Gasteiger charge is 2.16. The molecule has 0 spiro atoms. The van der Waals surface area contributed by atoms with Gasteiger partial charge in [-0.3, -0.25) is 4.79 Å². The molecule has 0 heterocycles. The van der Waals surface area contributed by atoms with Gasteiger partial charge >= 0.3 is 0 Å². The van der Waals surface area contributed by atoms with Crippen LogP contribution in [0.3, 0.4) is 0 Å². The number of allylic oxidation sites excluding steroid dienone is 2. The molecule has 0 aromatic carbocycles. The van der Waals surface area contributed by atoms with E-state index >= 15 is 0 Å². The zero-order valence-electron chi connectivity index (χ0n) is 12.8. The minimum absolute atomic E-state index is 0.0577. The van der Waals surface area contributed by atoms with E-state index in [0.29, 0.717) is 12.5 Å². The lowest BCUT2D eigenvalue weighted by molar-refractivity contribution is -0.130. The number of hydrogen-bond donors (Lipinski definition) is 1. The fourth-order valence-electron chi connectivity index (χ4n) is 1.83. The highest BCUT2D eigenvalue weighted by Crippen LogP contribution is 2.19. The van der Waals surface area contributed by atoms with Crippen molar-refractivity contribution in [2.45, 2.75) is 53.9 Å². The van der Waals surface area contributed by atoms with Gasteiger partial charge in [0.2, 0.25) is 5.91 Å². The molecule has 3 nitrogen and oxygen atoms in total. The number of nitrogens with zero attached hydrogens (tertiary/aromatic N) is 1. The van der Waals surface area contributed by atoms with E-state index in [2.05, 4.69) is 12.2 Å². The zero-order chi connectivity index (χ0) is 14.4. The second-order valence-electron chi connectivity index (χ2n) is 3.84. The molecule has 0 radical (unpaired) electrons. The van der Waals surface area contributed by atoms with E-state index in [1.165, 1.54) is 0 Å². The van der Waals surface area contributed by atoms with Crippen LogP contribution in [0.25, 0.3) is 0 Å². The molecular weight excluding hydrogens is 226 g/mol. The first-order valence-corrected chi connectivity index (χ1v) is 7.25. The first-order chi connectivity index (χ1) is 8.74. The number of aliphatic hydroxyl groups excluding tert-OH is 1. The molecule has 0 aliphatic heterocycles. The Morgan fingerprint density at radius 3 is 2.28 bits per heavy atom. The molecule has 1 unspecified atom stereocenters. The average Bonchev–Trinajstić information content (AvgIpc) is 2.44. The third kappa shape index (κ3) is 9.23. The van der Waals surface area contributed by atoms with Crippen LogP contribution in [0.2, 0.25) is 0 Å². The van der Waals surface area contributed by atoms with E-state index in [-0.39, 0.29) is 12.5 Å². The Morgan fingerprint density at radius 2 is 1.89 bits per heavy atom. The Morgan fingerprint density at radius 1 is 1.28 bits per heavy atom. The molecular formula is C15H31NO2. The smallest absolute Gasteiger partial charge is 0.219 e. The summed E-state index contributed by atoms with van der Waals surface area (Å²) in [4.78, 5) is 12.9. The quantitative estimate of drug-likeness (QED) is 0.785. The lowest BCUT2D eigenvalue weighted by atomic mass is 9.94. The summed E-state index contributed by atoms with van der Waals surface area (Å²) in [5.41, 5.74) is 0. The molecule has 0 saturated heterocycles. The largest absolute Gasteiger partial charge is 0.395 e. The predicted molar refractivity (Wildman–Crippen MR) is 78.5 cm³/mol. The SMILES string of the molecule is CC.CC.CC(=O)N(CCO)CC1CC=CCC1. The fraction of sp³-hybridized carbons (Fsp3) is 0.800. The average molecular weight is 257 g/mol. The second-order valence-corrected chi connectivity index (χ2v) is 3.84. The molecule has 1 rings (SSSR count). The first kappa shape index (κ1) is 19.5. The Kier molecular flexibility index (Phi) is 15.4. The number of hydrogen-bond acceptors (Lipinski definition) is 2. The van der Waals surface area contributed by atoms with Crippen LogP contribution in [0.4, 0.5) is 0 Å². The van der Waals surface area contributed by atoms with Crippen molar-refractivity contribution in [3.63, 3.8) is 0 Å². The molecule has 18 heavy (non-hydrogen) atoms. The van der Waals surface area contributed by atoms with Crippen LogP contribution < -0.4 is 0 Å². The number of carbonyl (C=O) groups excluding carboxylic acids is 1. The Balaban J connectivity index is 0. The van der Waals surface area contributed by atoms with Gasteiger partial charge in [-0.25, -0.2) is 0 Å². The minimum atomic E-state index is 0.0577. The van der Waals surface area contributed by atoms with Crippen LogP contribution in [-0.4, -0.2) is 35.6 Å². The van der Waals surface area contributed by atoms with Crippen LogP contribution in [0, 0.1) is 5.92 Å². The van der Waals surface area contributed by atoms with Crippen molar-refractivity contribution in [1.29, 1.82) is 0 Å². The van der Waals surface area contributed by atoms with Crippen LogP contribution >= 0.6 is 0 Å². The standard InChI is InChI=1S/C11H19NO2.2C2H6/c1-10(14)12(7-8-13)9-11-5-3-2-4-6-11;2*1-2/h2-3,11,13H,4-9H2,1H3;2*1-2H3. The summed E-state index contributed by atoms with van der Waals surface area (Å²) in [5, 5.41) is 8.81. The molecule has 0 bridgehead atoms. The van der Waals surface area contributed by atoms with Crippen LogP contribution in [-0.2, 0) is 4.79 Å². The molecule has 0 fully saturated rings. The van der Waals surface area contributed by atoms with Gasteiger partial charge in [0.05, 0.1) is 6.61 Å². The third-order valence-corrected chi connectivity index (χ3v) is 2.67. The van der Waals surface area contributed by atoms with Gasteiger partial charge < -0.3 is 10.0 Å².